The van der Waals surface area contributed by atoms with Crippen molar-refractivity contribution in [3.05, 3.63) is 95.8 Å². The van der Waals surface area contributed by atoms with Crippen molar-refractivity contribution < 1.29 is 19.1 Å². The predicted octanol–water partition coefficient (Wildman–Crippen LogP) is 5.53. The minimum absolute atomic E-state index is 0.0791. The Balaban J connectivity index is 1.48. The van der Waals surface area contributed by atoms with Gasteiger partial charge >= 0.3 is 6.09 Å². The first-order valence-electron chi connectivity index (χ1n) is 14.3. The summed E-state index contributed by atoms with van der Waals surface area (Å²) in [6.45, 7) is 6.92. The summed E-state index contributed by atoms with van der Waals surface area (Å²) in [7, 11) is 0. The molecular weight excluding hydrogens is 516 g/mol. The average Bonchev–Trinajstić information content (AvgIpc) is 3.65. The second-order valence-corrected chi connectivity index (χ2v) is 11.9. The first-order chi connectivity index (χ1) is 19.7. The zero-order chi connectivity index (χ0) is 29.0. The van der Waals surface area contributed by atoms with Gasteiger partial charge in [0, 0.05) is 36.2 Å². The van der Waals surface area contributed by atoms with E-state index in [-0.39, 0.29) is 29.9 Å². The Morgan fingerprint density at radius 1 is 1.00 bits per heavy atom. The number of anilines is 1. The van der Waals surface area contributed by atoms with Crippen LogP contribution in [0.1, 0.15) is 69.2 Å². The third-order valence-corrected chi connectivity index (χ3v) is 7.66. The number of benzene rings is 2. The minimum atomic E-state index is -0.944. The van der Waals surface area contributed by atoms with Crippen molar-refractivity contribution in [2.45, 2.75) is 76.6 Å². The summed E-state index contributed by atoms with van der Waals surface area (Å²) in [5.74, 6) is -0.576. The van der Waals surface area contributed by atoms with E-state index in [2.05, 4.69) is 31.1 Å². The number of ether oxygens (including phenoxy) is 1. The van der Waals surface area contributed by atoms with Crippen LogP contribution < -0.4 is 10.2 Å². The highest BCUT2D eigenvalue weighted by atomic mass is 16.6. The molecule has 0 spiro atoms. The zero-order valence-electron chi connectivity index (χ0n) is 24.0. The molecule has 0 bridgehead atoms. The number of carbonyl (C=O) groups excluding carboxylic acids is 3. The normalized spacial score (nSPS) is 17.5. The second-order valence-electron chi connectivity index (χ2n) is 11.9. The van der Waals surface area contributed by atoms with E-state index in [4.69, 9.17) is 4.74 Å². The molecule has 0 radical (unpaired) electrons. The molecule has 2 heterocycles. The molecule has 2 aromatic carbocycles. The van der Waals surface area contributed by atoms with Crippen LogP contribution in [0.4, 0.5) is 10.5 Å². The summed E-state index contributed by atoms with van der Waals surface area (Å²) in [5.41, 5.74) is 3.10. The molecule has 1 unspecified atom stereocenters. The zero-order valence-corrected chi connectivity index (χ0v) is 24.0. The van der Waals surface area contributed by atoms with Crippen LogP contribution in [0.15, 0.2) is 79.1 Å². The molecule has 1 saturated heterocycles. The Morgan fingerprint density at radius 2 is 1.73 bits per heavy atom. The molecule has 1 aliphatic heterocycles. The number of pyridine rings is 1. The van der Waals surface area contributed by atoms with E-state index in [0.29, 0.717) is 30.6 Å². The summed E-state index contributed by atoms with van der Waals surface area (Å²) in [6.07, 6.45) is 5.73. The smallest absolute Gasteiger partial charge is 0.410 e. The van der Waals surface area contributed by atoms with E-state index in [1.165, 1.54) is 4.90 Å². The molecule has 2 fully saturated rings. The summed E-state index contributed by atoms with van der Waals surface area (Å²) < 4.78 is 5.61. The Hall–Kier alpha value is -4.20. The number of hydrogen-bond acceptors (Lipinski definition) is 5. The van der Waals surface area contributed by atoms with Crippen LogP contribution >= 0.6 is 0 Å². The number of hydrogen-bond donors (Lipinski definition) is 1. The molecule has 214 valence electrons. The predicted molar refractivity (Wildman–Crippen MR) is 157 cm³/mol. The quantitative estimate of drug-likeness (QED) is 0.395. The molecule has 1 saturated carbocycles. The van der Waals surface area contributed by atoms with Gasteiger partial charge in [0.15, 0.2) is 0 Å². The molecule has 2 aliphatic rings. The van der Waals surface area contributed by atoms with Crippen molar-refractivity contribution in [2.75, 3.05) is 11.4 Å². The highest BCUT2D eigenvalue weighted by Crippen LogP contribution is 2.34. The van der Waals surface area contributed by atoms with Crippen LogP contribution in [0.3, 0.4) is 0 Å². The number of amides is 3. The fourth-order valence-electron chi connectivity index (χ4n) is 5.19. The van der Waals surface area contributed by atoms with Gasteiger partial charge in [0.2, 0.25) is 5.91 Å². The lowest BCUT2D eigenvalue weighted by molar-refractivity contribution is -0.128. The van der Waals surface area contributed by atoms with Gasteiger partial charge in [-0.3, -0.25) is 24.4 Å². The first-order valence-corrected chi connectivity index (χ1v) is 14.3. The van der Waals surface area contributed by atoms with Crippen LogP contribution in [0.2, 0.25) is 0 Å². The molecule has 1 aromatic heterocycles. The Bertz CT molecular complexity index is 1350. The molecule has 3 aromatic rings. The van der Waals surface area contributed by atoms with Crippen molar-refractivity contribution in [3.63, 3.8) is 0 Å². The molecule has 1 N–H and O–H groups in total. The lowest BCUT2D eigenvalue weighted by Gasteiger charge is -2.35. The number of carbonyl (C=O) groups is 3. The molecule has 1 aliphatic carbocycles. The van der Waals surface area contributed by atoms with Gasteiger partial charge in [-0.15, -0.1) is 0 Å². The summed E-state index contributed by atoms with van der Waals surface area (Å²) in [4.78, 5) is 48.8. The van der Waals surface area contributed by atoms with Gasteiger partial charge in [0.25, 0.3) is 5.91 Å². The highest BCUT2D eigenvalue weighted by Gasteiger charge is 2.43. The highest BCUT2D eigenvalue weighted by molar-refractivity contribution is 6.04. The van der Waals surface area contributed by atoms with Crippen molar-refractivity contribution in [1.82, 2.24) is 15.2 Å². The van der Waals surface area contributed by atoms with E-state index in [1.807, 2.05) is 60.7 Å². The third kappa shape index (κ3) is 6.76. The Morgan fingerprint density at radius 3 is 2.37 bits per heavy atom. The van der Waals surface area contributed by atoms with E-state index in [9.17, 15) is 14.4 Å². The van der Waals surface area contributed by atoms with Gasteiger partial charge in [-0.05, 0) is 60.4 Å². The number of nitrogens with zero attached hydrogens (tertiary/aromatic N) is 3. The second kappa shape index (κ2) is 12.1. The number of aromatic nitrogens is 1. The molecule has 8 heteroatoms. The van der Waals surface area contributed by atoms with Crippen molar-refractivity contribution in [2.24, 2.45) is 0 Å². The van der Waals surface area contributed by atoms with Gasteiger partial charge < -0.3 is 10.1 Å². The number of likely N-dealkylation sites (tertiary alicyclic amines) is 1. The fourth-order valence-corrected chi connectivity index (χ4v) is 5.19. The van der Waals surface area contributed by atoms with Crippen LogP contribution in [0.5, 0.6) is 0 Å². The molecular formula is C33H38N4O4. The topological polar surface area (TPSA) is 91.8 Å². The van der Waals surface area contributed by atoms with Gasteiger partial charge in [0.1, 0.15) is 18.7 Å². The Kier molecular flexibility index (Phi) is 8.38. The Labute approximate surface area is 241 Å². The number of nitrogens with one attached hydrogen (secondary N) is 1. The van der Waals surface area contributed by atoms with Gasteiger partial charge in [0.05, 0.1) is 0 Å². The fraction of sp³-hybridized carbons (Fsp3) is 0.394. The summed E-state index contributed by atoms with van der Waals surface area (Å²) in [6, 6.07) is 19.2. The van der Waals surface area contributed by atoms with Crippen LogP contribution in [-0.4, -0.2) is 46.4 Å². The van der Waals surface area contributed by atoms with E-state index in [1.54, 1.807) is 23.4 Å². The van der Waals surface area contributed by atoms with Crippen molar-refractivity contribution in [3.8, 4) is 0 Å². The van der Waals surface area contributed by atoms with Crippen molar-refractivity contribution >= 4 is 23.6 Å². The van der Waals surface area contributed by atoms with Crippen LogP contribution in [-0.2, 0) is 26.3 Å². The molecule has 3 amide bonds. The van der Waals surface area contributed by atoms with E-state index >= 15 is 0 Å². The lowest BCUT2D eigenvalue weighted by atomic mass is 9.87. The molecule has 2 atom stereocenters. The van der Waals surface area contributed by atoms with Crippen molar-refractivity contribution in [1.29, 1.82) is 0 Å². The van der Waals surface area contributed by atoms with Gasteiger partial charge in [-0.1, -0.05) is 69.3 Å². The van der Waals surface area contributed by atoms with Gasteiger partial charge in [-0.2, -0.15) is 0 Å². The standard InChI is InChI=1S/C33H38N4O4/c1-33(2,3)25-13-17-27(18-14-25)37(29(24-11-7-19-34-21-24)30(38)35-26-15-16-26)31(39)28-12-8-20-36(28)32(40)41-22-23-9-5-4-6-10-23/h4-7,9-11,13-14,17-19,21,26,28-29H,8,12,15-16,20,22H2,1-3H3,(H,35,38)/t28-,29?/m1/s1. The molecule has 8 nitrogen and oxygen atoms in total. The molecule has 41 heavy (non-hydrogen) atoms. The minimum Gasteiger partial charge on any atom is -0.445 e. The van der Waals surface area contributed by atoms with Crippen LogP contribution in [0.25, 0.3) is 0 Å². The maximum absolute atomic E-state index is 14.5. The largest absolute Gasteiger partial charge is 0.445 e. The maximum atomic E-state index is 14.5. The number of rotatable bonds is 8. The van der Waals surface area contributed by atoms with Crippen LogP contribution in [0, 0.1) is 0 Å². The average molecular weight is 555 g/mol. The first kappa shape index (κ1) is 28.3. The summed E-state index contributed by atoms with van der Waals surface area (Å²) >= 11 is 0. The molecule has 5 rings (SSSR count). The monoisotopic (exact) mass is 554 g/mol. The van der Waals surface area contributed by atoms with E-state index < -0.39 is 18.2 Å². The van der Waals surface area contributed by atoms with Gasteiger partial charge in [-0.25, -0.2) is 4.79 Å². The lowest BCUT2D eigenvalue weighted by Crippen LogP contribution is -2.52. The third-order valence-electron chi connectivity index (χ3n) is 7.66. The van der Waals surface area contributed by atoms with E-state index in [0.717, 1.165) is 24.0 Å². The summed E-state index contributed by atoms with van der Waals surface area (Å²) in [5, 5.41) is 3.09. The SMILES string of the molecule is CC(C)(C)c1ccc(N(C(=O)[C@H]2CCCN2C(=O)OCc2ccccc2)C(C(=O)NC2CC2)c2cccnc2)cc1. The maximum Gasteiger partial charge on any atom is 0.410 e.